The fraction of sp³-hybridized carbons (Fsp3) is 0.400. The van der Waals surface area contributed by atoms with Gasteiger partial charge < -0.3 is 0 Å². The van der Waals surface area contributed by atoms with Crippen molar-refractivity contribution in [2.75, 3.05) is 0 Å². The van der Waals surface area contributed by atoms with Gasteiger partial charge in [-0.05, 0) is 40.0 Å². The molecule has 2 nitrogen and oxygen atoms in total. The van der Waals surface area contributed by atoms with Gasteiger partial charge in [-0.25, -0.2) is 0 Å². The minimum absolute atomic E-state index is 0.117. The molecule has 3 N–H and O–H groups in total. The van der Waals surface area contributed by atoms with Crippen LogP contribution >= 0.6 is 27.5 Å². The molecule has 0 fully saturated rings. The topological polar surface area (TPSA) is 38.0 Å². The first-order chi connectivity index (χ1) is 7.83. The van der Waals surface area contributed by atoms with Crippen molar-refractivity contribution in [3.05, 3.63) is 33.3 Å². The van der Waals surface area contributed by atoms with Gasteiger partial charge in [0.25, 0.3) is 0 Å². The molecule has 1 aromatic carbocycles. The van der Waals surface area contributed by atoms with Crippen molar-refractivity contribution in [3.63, 3.8) is 0 Å². The van der Waals surface area contributed by atoms with Crippen molar-refractivity contribution >= 4 is 27.5 Å². The highest BCUT2D eigenvalue weighted by Crippen LogP contribution is 2.30. The summed E-state index contributed by atoms with van der Waals surface area (Å²) in [7, 11) is 0. The molecule has 7 heteroatoms. The van der Waals surface area contributed by atoms with E-state index in [0.717, 1.165) is 0 Å². The van der Waals surface area contributed by atoms with Crippen molar-refractivity contribution in [1.82, 2.24) is 5.43 Å². The second kappa shape index (κ2) is 6.04. The molecule has 17 heavy (non-hydrogen) atoms. The third-order valence-corrected chi connectivity index (χ3v) is 3.48. The van der Waals surface area contributed by atoms with Crippen molar-refractivity contribution in [1.29, 1.82) is 0 Å². The number of halogens is 5. The highest BCUT2D eigenvalue weighted by molar-refractivity contribution is 9.10. The van der Waals surface area contributed by atoms with Crippen molar-refractivity contribution in [2.45, 2.75) is 25.1 Å². The van der Waals surface area contributed by atoms with Crippen LogP contribution in [-0.2, 0) is 0 Å². The normalized spacial score (nSPS) is 13.8. The molecule has 0 heterocycles. The molecule has 1 unspecified atom stereocenters. The molecule has 0 saturated heterocycles. The number of benzene rings is 1. The summed E-state index contributed by atoms with van der Waals surface area (Å²) in [6, 6.07) is 4.36. The number of alkyl halides is 3. The third-order valence-electron chi connectivity index (χ3n) is 2.26. The Labute approximate surface area is 110 Å². The van der Waals surface area contributed by atoms with E-state index in [4.69, 9.17) is 17.4 Å². The molecule has 0 amide bonds. The van der Waals surface area contributed by atoms with Gasteiger partial charge in [-0.1, -0.05) is 17.7 Å². The Balaban J connectivity index is 2.76. The Morgan fingerprint density at radius 2 is 2.06 bits per heavy atom. The average Bonchev–Trinajstić information content (AvgIpc) is 2.22. The minimum Gasteiger partial charge on any atom is -0.271 e. The SMILES string of the molecule is NNC(CCC(F)(F)F)c1ccc(Cl)c(Br)c1. The van der Waals surface area contributed by atoms with Crippen molar-refractivity contribution in [3.8, 4) is 0 Å². The number of nitrogens with two attached hydrogens (primary N) is 1. The lowest BCUT2D eigenvalue weighted by Crippen LogP contribution is -2.29. The minimum atomic E-state index is -4.18. The van der Waals surface area contributed by atoms with Crippen molar-refractivity contribution < 1.29 is 13.2 Å². The van der Waals surface area contributed by atoms with Crippen LogP contribution in [0.1, 0.15) is 24.4 Å². The van der Waals surface area contributed by atoms with E-state index in [0.29, 0.717) is 15.1 Å². The van der Waals surface area contributed by atoms with Crippen LogP contribution in [0.25, 0.3) is 0 Å². The van der Waals surface area contributed by atoms with Gasteiger partial charge in [0.1, 0.15) is 0 Å². The lowest BCUT2D eigenvalue weighted by atomic mass is 10.0. The Morgan fingerprint density at radius 3 is 2.53 bits per heavy atom. The van der Waals surface area contributed by atoms with Gasteiger partial charge in [0, 0.05) is 16.9 Å². The Bertz CT molecular complexity index is 384. The summed E-state index contributed by atoms with van der Waals surface area (Å²) in [5, 5.41) is 0.500. The average molecular weight is 332 g/mol. The van der Waals surface area contributed by atoms with E-state index in [1.165, 1.54) is 0 Å². The van der Waals surface area contributed by atoms with E-state index < -0.39 is 18.6 Å². The fourth-order valence-corrected chi connectivity index (χ4v) is 1.90. The zero-order valence-electron chi connectivity index (χ0n) is 8.69. The maximum atomic E-state index is 12.1. The summed E-state index contributed by atoms with van der Waals surface area (Å²) in [4.78, 5) is 0. The number of hydrazine groups is 1. The second-order valence-electron chi connectivity index (χ2n) is 3.55. The Kier molecular flexibility index (Phi) is 5.24. The van der Waals surface area contributed by atoms with E-state index in [9.17, 15) is 13.2 Å². The number of rotatable bonds is 4. The van der Waals surface area contributed by atoms with E-state index >= 15 is 0 Å². The summed E-state index contributed by atoms with van der Waals surface area (Å²) >= 11 is 9.01. The molecule has 96 valence electrons. The van der Waals surface area contributed by atoms with Crippen molar-refractivity contribution in [2.24, 2.45) is 5.84 Å². The van der Waals surface area contributed by atoms with Gasteiger partial charge >= 0.3 is 6.18 Å². The van der Waals surface area contributed by atoms with E-state index in [2.05, 4.69) is 21.4 Å². The smallest absolute Gasteiger partial charge is 0.271 e. The maximum Gasteiger partial charge on any atom is 0.389 e. The van der Waals surface area contributed by atoms with Crippen LogP contribution in [0.4, 0.5) is 13.2 Å². The summed E-state index contributed by atoms with van der Waals surface area (Å²) < 4.78 is 37.0. The first-order valence-electron chi connectivity index (χ1n) is 4.81. The monoisotopic (exact) mass is 330 g/mol. The summed E-state index contributed by atoms with van der Waals surface area (Å²) in [5.74, 6) is 5.26. The predicted molar refractivity (Wildman–Crippen MR) is 64.5 cm³/mol. The molecule has 0 aliphatic heterocycles. The number of hydrogen-bond donors (Lipinski definition) is 2. The third kappa shape index (κ3) is 4.83. The summed E-state index contributed by atoms with van der Waals surface area (Å²) in [5.41, 5.74) is 3.03. The van der Waals surface area contributed by atoms with Gasteiger partial charge in [-0.3, -0.25) is 11.3 Å². The quantitative estimate of drug-likeness (QED) is 0.647. The van der Waals surface area contributed by atoms with Crippen LogP contribution in [-0.4, -0.2) is 6.18 Å². The van der Waals surface area contributed by atoms with Gasteiger partial charge in [-0.15, -0.1) is 0 Å². The Hall–Kier alpha value is -0.300. The highest BCUT2D eigenvalue weighted by Gasteiger charge is 2.28. The molecule has 0 radical (unpaired) electrons. The first-order valence-corrected chi connectivity index (χ1v) is 5.98. The first kappa shape index (κ1) is 14.8. The molecule has 0 aromatic heterocycles. The molecule has 1 aromatic rings. The summed E-state index contributed by atoms with van der Waals surface area (Å²) in [6.45, 7) is 0. The molecule has 0 spiro atoms. The van der Waals surface area contributed by atoms with Crippen LogP contribution in [0.3, 0.4) is 0 Å². The molecule has 0 saturated carbocycles. The van der Waals surface area contributed by atoms with Gasteiger partial charge in [0.2, 0.25) is 0 Å². The van der Waals surface area contributed by atoms with Crippen LogP contribution in [0.5, 0.6) is 0 Å². The Morgan fingerprint density at radius 1 is 1.41 bits per heavy atom. The zero-order valence-corrected chi connectivity index (χ0v) is 11.0. The molecule has 1 atom stereocenters. The van der Waals surface area contributed by atoms with E-state index in [-0.39, 0.29) is 6.42 Å². The molecule has 0 aliphatic carbocycles. The molecule has 0 aliphatic rings. The summed E-state index contributed by atoms with van der Waals surface area (Å²) in [6.07, 6.45) is -5.19. The lowest BCUT2D eigenvalue weighted by molar-refractivity contribution is -0.136. The largest absolute Gasteiger partial charge is 0.389 e. The predicted octanol–water partition coefficient (Wildman–Crippen LogP) is 3.95. The fourth-order valence-electron chi connectivity index (χ4n) is 1.38. The van der Waals surface area contributed by atoms with Gasteiger partial charge in [0.15, 0.2) is 0 Å². The van der Waals surface area contributed by atoms with Gasteiger partial charge in [-0.2, -0.15) is 13.2 Å². The molecular weight excluding hydrogens is 320 g/mol. The van der Waals surface area contributed by atoms with Crippen LogP contribution in [0.2, 0.25) is 5.02 Å². The molecular formula is C10H11BrClF3N2. The van der Waals surface area contributed by atoms with E-state index in [1.54, 1.807) is 18.2 Å². The van der Waals surface area contributed by atoms with Crippen LogP contribution < -0.4 is 11.3 Å². The standard InChI is InChI=1S/C10H11BrClF3N2/c11-7-5-6(1-2-8(7)12)9(17-16)3-4-10(13,14)15/h1-2,5,9,17H,3-4,16H2. The zero-order chi connectivity index (χ0) is 13.1. The van der Waals surface area contributed by atoms with Crippen LogP contribution in [0.15, 0.2) is 22.7 Å². The molecule has 1 rings (SSSR count). The highest BCUT2D eigenvalue weighted by atomic mass is 79.9. The van der Waals surface area contributed by atoms with Crippen LogP contribution in [0, 0.1) is 0 Å². The maximum absolute atomic E-state index is 12.1. The second-order valence-corrected chi connectivity index (χ2v) is 4.81. The lowest BCUT2D eigenvalue weighted by Gasteiger charge is -2.17. The number of nitrogens with one attached hydrogen (secondary N) is 1. The molecule has 0 bridgehead atoms. The van der Waals surface area contributed by atoms with Gasteiger partial charge in [0.05, 0.1) is 5.02 Å². The van der Waals surface area contributed by atoms with E-state index in [1.807, 2.05) is 0 Å². The number of hydrogen-bond acceptors (Lipinski definition) is 2.